The minimum Gasteiger partial charge on any atom is -0.436 e. The van der Waals surface area contributed by atoms with E-state index in [0.717, 1.165) is 11.4 Å². The number of oxazole rings is 1. The van der Waals surface area contributed by atoms with Crippen molar-refractivity contribution in [3.05, 3.63) is 35.7 Å². The molecule has 6 heteroatoms. The monoisotopic (exact) mass is 387 g/mol. The highest BCUT2D eigenvalue weighted by Gasteiger charge is 2.35. The summed E-state index contributed by atoms with van der Waals surface area (Å²) >= 11 is 1.59. The van der Waals surface area contributed by atoms with Crippen molar-refractivity contribution in [3.8, 4) is 0 Å². The van der Waals surface area contributed by atoms with Gasteiger partial charge in [-0.25, -0.2) is 4.98 Å². The third kappa shape index (κ3) is 4.06. The second-order valence-electron chi connectivity index (χ2n) is 6.75. The lowest BCUT2D eigenvalue weighted by molar-refractivity contribution is 0.0621. The number of carbonyl (C=O) groups is 1. The quantitative estimate of drug-likeness (QED) is 0.842. The molecule has 1 atom stereocenters. The van der Waals surface area contributed by atoms with Gasteiger partial charge in [0.25, 0.3) is 5.91 Å². The zero-order valence-corrected chi connectivity index (χ0v) is 17.4. The zero-order chi connectivity index (χ0) is 19.4. The SMILES string of the molecule is C/C=C(\SC)c1nc2c(C(=O)NC3CN4CCC3CC4)cccc2o1.CC. The number of piperidine rings is 3. The molecule has 2 aromatic rings. The van der Waals surface area contributed by atoms with Gasteiger partial charge in [-0.3, -0.25) is 4.79 Å². The van der Waals surface area contributed by atoms with Gasteiger partial charge in [-0.05, 0) is 57.2 Å². The summed E-state index contributed by atoms with van der Waals surface area (Å²) in [6, 6.07) is 5.80. The normalized spacial score (nSPS) is 24.4. The first-order valence-corrected chi connectivity index (χ1v) is 11.1. The van der Waals surface area contributed by atoms with E-state index in [1.165, 1.54) is 25.9 Å². The molecule has 5 rings (SSSR count). The standard InChI is InChI=1S/C19H23N3O2S.C2H6/c1-3-16(25-2)19-21-17-13(5-4-6-15(17)24-19)18(23)20-14-11-22-9-7-12(14)8-10-22;1-2/h3-6,12,14H,7-11H2,1-2H3,(H,20,23);1-2H3/b16-3-;. The van der Waals surface area contributed by atoms with Crippen molar-refractivity contribution in [1.82, 2.24) is 15.2 Å². The summed E-state index contributed by atoms with van der Waals surface area (Å²) in [4.78, 5) is 20.9. The lowest BCUT2D eigenvalue weighted by Crippen LogP contribution is -2.57. The Morgan fingerprint density at radius 1 is 1.33 bits per heavy atom. The van der Waals surface area contributed by atoms with Gasteiger partial charge in [-0.15, -0.1) is 11.8 Å². The van der Waals surface area contributed by atoms with Gasteiger partial charge >= 0.3 is 0 Å². The van der Waals surface area contributed by atoms with Crippen LogP contribution in [0.2, 0.25) is 0 Å². The highest BCUT2D eigenvalue weighted by molar-refractivity contribution is 8.07. The van der Waals surface area contributed by atoms with Crippen LogP contribution < -0.4 is 5.32 Å². The molecule has 1 aromatic heterocycles. The van der Waals surface area contributed by atoms with E-state index >= 15 is 0 Å². The predicted octanol–water partition coefficient (Wildman–Crippen LogP) is 4.40. The largest absolute Gasteiger partial charge is 0.436 e. The molecule has 3 aliphatic heterocycles. The maximum Gasteiger partial charge on any atom is 0.253 e. The van der Waals surface area contributed by atoms with Crippen LogP contribution in [0.25, 0.3) is 16.0 Å². The van der Waals surface area contributed by atoms with Crippen LogP contribution in [0.5, 0.6) is 0 Å². The smallest absolute Gasteiger partial charge is 0.253 e. The Bertz CT molecular complexity index is 822. The van der Waals surface area contributed by atoms with Gasteiger partial charge in [0, 0.05) is 12.6 Å². The number of nitrogens with zero attached hydrogens (tertiary/aromatic N) is 2. The first-order valence-electron chi connectivity index (χ1n) is 9.83. The summed E-state index contributed by atoms with van der Waals surface area (Å²) in [5.74, 6) is 1.13. The number of hydrogen-bond donors (Lipinski definition) is 1. The highest BCUT2D eigenvalue weighted by atomic mass is 32.2. The minimum absolute atomic E-state index is 0.0459. The minimum atomic E-state index is -0.0459. The first-order chi connectivity index (χ1) is 13.2. The summed E-state index contributed by atoms with van der Waals surface area (Å²) in [6.45, 7) is 9.26. The molecule has 1 unspecified atom stereocenters. The summed E-state index contributed by atoms with van der Waals surface area (Å²) in [7, 11) is 0. The Morgan fingerprint density at radius 2 is 2.07 bits per heavy atom. The molecule has 0 aliphatic carbocycles. The van der Waals surface area contributed by atoms with Gasteiger partial charge in [0.2, 0.25) is 5.89 Å². The fourth-order valence-electron chi connectivity index (χ4n) is 3.94. The molecule has 3 aliphatic rings. The Kier molecular flexibility index (Phi) is 6.60. The molecule has 1 N–H and O–H groups in total. The number of benzene rings is 1. The Balaban J connectivity index is 0.00000102. The van der Waals surface area contributed by atoms with E-state index in [2.05, 4.69) is 15.2 Å². The maximum absolute atomic E-state index is 12.9. The number of nitrogens with one attached hydrogen (secondary N) is 1. The summed E-state index contributed by atoms with van der Waals surface area (Å²) in [5.41, 5.74) is 1.90. The number of hydrogen-bond acceptors (Lipinski definition) is 5. The van der Waals surface area contributed by atoms with Crippen LogP contribution in [0.15, 0.2) is 28.7 Å². The number of para-hydroxylation sites is 1. The Labute approximate surface area is 165 Å². The van der Waals surface area contributed by atoms with Gasteiger partial charge in [0.1, 0.15) is 5.52 Å². The molecular weight excluding hydrogens is 358 g/mol. The molecule has 2 bridgehead atoms. The van der Waals surface area contributed by atoms with Crippen molar-refractivity contribution < 1.29 is 9.21 Å². The van der Waals surface area contributed by atoms with E-state index in [1.807, 2.05) is 51.3 Å². The molecule has 146 valence electrons. The molecule has 3 saturated heterocycles. The fourth-order valence-corrected chi connectivity index (χ4v) is 4.44. The van der Waals surface area contributed by atoms with Crippen LogP contribution >= 0.6 is 11.8 Å². The van der Waals surface area contributed by atoms with Crippen molar-refractivity contribution in [2.45, 2.75) is 39.7 Å². The number of amides is 1. The highest BCUT2D eigenvalue weighted by Crippen LogP contribution is 2.30. The fraction of sp³-hybridized carbons (Fsp3) is 0.524. The van der Waals surface area contributed by atoms with Crippen LogP contribution in [0.3, 0.4) is 0 Å². The molecule has 4 heterocycles. The second-order valence-corrected chi connectivity index (χ2v) is 7.59. The molecular formula is C21H29N3O2S. The molecule has 5 nitrogen and oxygen atoms in total. The van der Waals surface area contributed by atoms with Gasteiger partial charge < -0.3 is 14.6 Å². The lowest BCUT2D eigenvalue weighted by atomic mass is 9.84. The van der Waals surface area contributed by atoms with E-state index in [1.54, 1.807) is 11.8 Å². The average Bonchev–Trinajstić information content (AvgIpc) is 3.15. The number of aromatic nitrogens is 1. The summed E-state index contributed by atoms with van der Waals surface area (Å²) in [5, 5.41) is 3.24. The van der Waals surface area contributed by atoms with Crippen LogP contribution in [-0.4, -0.2) is 47.7 Å². The van der Waals surface area contributed by atoms with Gasteiger partial charge in [0.15, 0.2) is 5.58 Å². The number of rotatable bonds is 4. The molecule has 1 aromatic carbocycles. The van der Waals surface area contributed by atoms with Gasteiger partial charge in [-0.1, -0.05) is 26.0 Å². The van der Waals surface area contributed by atoms with Crippen molar-refractivity contribution in [3.63, 3.8) is 0 Å². The van der Waals surface area contributed by atoms with Crippen molar-refractivity contribution >= 4 is 33.7 Å². The number of allylic oxidation sites excluding steroid dienone is 1. The third-order valence-electron chi connectivity index (χ3n) is 5.33. The van der Waals surface area contributed by atoms with Gasteiger partial charge in [0.05, 0.1) is 10.5 Å². The molecule has 0 saturated carbocycles. The molecule has 27 heavy (non-hydrogen) atoms. The van der Waals surface area contributed by atoms with E-state index < -0.39 is 0 Å². The molecule has 0 spiro atoms. The van der Waals surface area contributed by atoms with Crippen LogP contribution in [0, 0.1) is 5.92 Å². The molecule has 0 radical (unpaired) electrons. The van der Waals surface area contributed by atoms with Crippen molar-refractivity contribution in [2.24, 2.45) is 5.92 Å². The number of carbonyl (C=O) groups excluding carboxylic acids is 1. The predicted molar refractivity (Wildman–Crippen MR) is 113 cm³/mol. The topological polar surface area (TPSA) is 58.4 Å². The number of fused-ring (bicyclic) bond motifs is 4. The van der Waals surface area contributed by atoms with E-state index in [4.69, 9.17) is 4.42 Å². The van der Waals surface area contributed by atoms with Crippen molar-refractivity contribution in [2.75, 3.05) is 25.9 Å². The summed E-state index contributed by atoms with van der Waals surface area (Å²) < 4.78 is 5.85. The van der Waals surface area contributed by atoms with Crippen LogP contribution in [-0.2, 0) is 0 Å². The van der Waals surface area contributed by atoms with Crippen molar-refractivity contribution in [1.29, 1.82) is 0 Å². The second kappa shape index (κ2) is 8.93. The Morgan fingerprint density at radius 3 is 2.67 bits per heavy atom. The molecule has 1 amide bonds. The van der Waals surface area contributed by atoms with Crippen LogP contribution in [0.4, 0.5) is 0 Å². The third-order valence-corrected chi connectivity index (χ3v) is 6.18. The Hall–Kier alpha value is -1.79. The average molecular weight is 388 g/mol. The van der Waals surface area contributed by atoms with E-state index in [-0.39, 0.29) is 11.9 Å². The van der Waals surface area contributed by atoms with Gasteiger partial charge in [-0.2, -0.15) is 0 Å². The number of thioether (sulfide) groups is 1. The zero-order valence-electron chi connectivity index (χ0n) is 16.6. The first kappa shape index (κ1) is 20.0. The van der Waals surface area contributed by atoms with E-state index in [9.17, 15) is 4.79 Å². The lowest BCUT2D eigenvalue weighted by Gasteiger charge is -2.44. The summed E-state index contributed by atoms with van der Waals surface area (Å²) in [6.07, 6.45) is 6.33. The van der Waals surface area contributed by atoms with E-state index in [0.29, 0.717) is 28.5 Å². The van der Waals surface area contributed by atoms with Crippen LogP contribution in [0.1, 0.15) is 49.9 Å². The maximum atomic E-state index is 12.9. The molecule has 3 fully saturated rings.